The molecule has 0 atom stereocenters. The molecule has 23 heavy (non-hydrogen) atoms. The number of carbonyl (C=O) groups excluding carboxylic acids is 2. The van der Waals surface area contributed by atoms with Crippen LogP contribution in [-0.4, -0.2) is 35.3 Å². The van der Waals surface area contributed by atoms with Crippen LogP contribution in [-0.2, 0) is 4.79 Å². The summed E-state index contributed by atoms with van der Waals surface area (Å²) in [5, 5.41) is 3.10. The molecule has 2 amide bonds. The summed E-state index contributed by atoms with van der Waals surface area (Å²) in [6, 6.07) is 9.83. The number of benzene rings is 1. The van der Waals surface area contributed by atoms with E-state index in [0.717, 1.165) is 12.8 Å². The summed E-state index contributed by atoms with van der Waals surface area (Å²) in [5.74, 6) is 0.157. The van der Waals surface area contributed by atoms with Crippen LogP contribution in [0, 0.1) is 0 Å². The number of hydrogen-bond donors (Lipinski definition) is 1. The van der Waals surface area contributed by atoms with Crippen LogP contribution in [0.2, 0.25) is 0 Å². The second-order valence-corrected chi connectivity index (χ2v) is 6.61. The van der Waals surface area contributed by atoms with E-state index in [4.69, 9.17) is 0 Å². The SMILES string of the molecule is CC(C)N(CCCC(=O)NC1CCCC1)C(=O)c1ccccc1. The number of carbonyl (C=O) groups is 2. The second-order valence-electron chi connectivity index (χ2n) is 6.61. The molecular weight excluding hydrogens is 288 g/mol. The Bertz CT molecular complexity index is 507. The molecule has 0 spiro atoms. The summed E-state index contributed by atoms with van der Waals surface area (Å²) in [4.78, 5) is 26.4. The molecule has 126 valence electrons. The van der Waals surface area contributed by atoms with Gasteiger partial charge in [-0.3, -0.25) is 9.59 Å². The summed E-state index contributed by atoms with van der Waals surface area (Å²) in [7, 11) is 0. The number of rotatable bonds is 7. The first kappa shape index (κ1) is 17.5. The molecule has 1 N–H and O–H groups in total. The van der Waals surface area contributed by atoms with Gasteiger partial charge >= 0.3 is 0 Å². The minimum atomic E-state index is 0.0387. The molecule has 1 aromatic rings. The van der Waals surface area contributed by atoms with Crippen molar-refractivity contribution in [2.75, 3.05) is 6.54 Å². The second kappa shape index (κ2) is 8.70. The van der Waals surface area contributed by atoms with E-state index in [0.29, 0.717) is 31.0 Å². The molecule has 1 saturated carbocycles. The van der Waals surface area contributed by atoms with Gasteiger partial charge < -0.3 is 10.2 Å². The number of nitrogens with zero attached hydrogens (tertiary/aromatic N) is 1. The zero-order chi connectivity index (χ0) is 16.7. The van der Waals surface area contributed by atoms with Gasteiger partial charge in [0.25, 0.3) is 5.91 Å². The quantitative estimate of drug-likeness (QED) is 0.838. The van der Waals surface area contributed by atoms with Crippen molar-refractivity contribution >= 4 is 11.8 Å². The first-order valence-electron chi connectivity index (χ1n) is 8.73. The molecule has 4 nitrogen and oxygen atoms in total. The van der Waals surface area contributed by atoms with Gasteiger partial charge in [-0.15, -0.1) is 0 Å². The highest BCUT2D eigenvalue weighted by Crippen LogP contribution is 2.17. The van der Waals surface area contributed by atoms with E-state index in [1.165, 1.54) is 12.8 Å². The lowest BCUT2D eigenvalue weighted by atomic mass is 10.1. The molecule has 0 saturated heterocycles. The molecule has 1 aliphatic carbocycles. The molecule has 4 heteroatoms. The third-order valence-corrected chi connectivity index (χ3v) is 4.43. The van der Waals surface area contributed by atoms with Gasteiger partial charge in [-0.1, -0.05) is 31.0 Å². The predicted octanol–water partition coefficient (Wildman–Crippen LogP) is 3.38. The van der Waals surface area contributed by atoms with Gasteiger partial charge in [0.2, 0.25) is 5.91 Å². The average Bonchev–Trinajstić information content (AvgIpc) is 3.04. The van der Waals surface area contributed by atoms with Crippen LogP contribution in [0.4, 0.5) is 0 Å². The van der Waals surface area contributed by atoms with Crippen molar-refractivity contribution < 1.29 is 9.59 Å². The lowest BCUT2D eigenvalue weighted by Gasteiger charge is -2.27. The Kier molecular flexibility index (Phi) is 6.63. The maximum Gasteiger partial charge on any atom is 0.254 e. The van der Waals surface area contributed by atoms with Crippen LogP contribution in [0.1, 0.15) is 62.7 Å². The highest BCUT2D eigenvalue weighted by Gasteiger charge is 2.20. The zero-order valence-electron chi connectivity index (χ0n) is 14.3. The molecule has 2 rings (SSSR count). The lowest BCUT2D eigenvalue weighted by Crippen LogP contribution is -2.38. The Hall–Kier alpha value is -1.84. The van der Waals surface area contributed by atoms with Crippen molar-refractivity contribution in [3.63, 3.8) is 0 Å². The van der Waals surface area contributed by atoms with Crippen molar-refractivity contribution in [2.24, 2.45) is 0 Å². The molecule has 0 bridgehead atoms. The maximum absolute atomic E-state index is 12.6. The van der Waals surface area contributed by atoms with E-state index < -0.39 is 0 Å². The molecule has 1 aliphatic rings. The van der Waals surface area contributed by atoms with Gasteiger partial charge in [0.1, 0.15) is 0 Å². The van der Waals surface area contributed by atoms with E-state index in [-0.39, 0.29) is 17.9 Å². The molecule has 0 unspecified atom stereocenters. The highest BCUT2D eigenvalue weighted by atomic mass is 16.2. The van der Waals surface area contributed by atoms with Gasteiger partial charge in [-0.05, 0) is 45.2 Å². The minimum Gasteiger partial charge on any atom is -0.353 e. The fourth-order valence-corrected chi connectivity index (χ4v) is 3.12. The third kappa shape index (κ3) is 5.38. The Morgan fingerprint density at radius 3 is 2.43 bits per heavy atom. The van der Waals surface area contributed by atoms with Crippen LogP contribution in [0.15, 0.2) is 30.3 Å². The Balaban J connectivity index is 1.80. The van der Waals surface area contributed by atoms with Crippen LogP contribution in [0.25, 0.3) is 0 Å². The van der Waals surface area contributed by atoms with Crippen LogP contribution < -0.4 is 5.32 Å². The van der Waals surface area contributed by atoms with Gasteiger partial charge in [-0.2, -0.15) is 0 Å². The van der Waals surface area contributed by atoms with Crippen LogP contribution in [0.3, 0.4) is 0 Å². The zero-order valence-corrected chi connectivity index (χ0v) is 14.3. The van der Waals surface area contributed by atoms with Crippen molar-refractivity contribution in [1.29, 1.82) is 0 Å². The van der Waals surface area contributed by atoms with Crippen molar-refractivity contribution in [1.82, 2.24) is 10.2 Å². The normalized spacial score (nSPS) is 14.9. The Morgan fingerprint density at radius 1 is 1.17 bits per heavy atom. The Labute approximate surface area is 139 Å². The molecule has 1 aromatic carbocycles. The van der Waals surface area contributed by atoms with Crippen molar-refractivity contribution in [3.05, 3.63) is 35.9 Å². The highest BCUT2D eigenvalue weighted by molar-refractivity contribution is 5.94. The standard InChI is InChI=1S/C19H28N2O2/c1-15(2)21(19(23)16-9-4-3-5-10-16)14-8-13-18(22)20-17-11-6-7-12-17/h3-5,9-10,15,17H,6-8,11-14H2,1-2H3,(H,20,22). The number of amides is 2. The van der Waals surface area contributed by atoms with Crippen LogP contribution >= 0.6 is 0 Å². The summed E-state index contributed by atoms with van der Waals surface area (Å²) < 4.78 is 0. The summed E-state index contributed by atoms with van der Waals surface area (Å²) in [6.45, 7) is 4.64. The number of nitrogens with one attached hydrogen (secondary N) is 1. The average molecular weight is 316 g/mol. The van der Waals surface area contributed by atoms with Gasteiger partial charge in [0, 0.05) is 30.6 Å². The maximum atomic E-state index is 12.6. The molecule has 0 radical (unpaired) electrons. The summed E-state index contributed by atoms with van der Waals surface area (Å²) in [5.41, 5.74) is 0.705. The molecule has 0 aliphatic heterocycles. The first-order valence-corrected chi connectivity index (χ1v) is 8.73. The van der Waals surface area contributed by atoms with Gasteiger partial charge in [-0.25, -0.2) is 0 Å². The number of hydrogen-bond acceptors (Lipinski definition) is 2. The van der Waals surface area contributed by atoms with Gasteiger partial charge in [0.15, 0.2) is 0 Å². The molecular formula is C19H28N2O2. The molecule has 0 heterocycles. The van der Waals surface area contributed by atoms with E-state index in [1.54, 1.807) is 0 Å². The van der Waals surface area contributed by atoms with Crippen molar-refractivity contribution in [3.8, 4) is 0 Å². The fraction of sp³-hybridized carbons (Fsp3) is 0.579. The van der Waals surface area contributed by atoms with Crippen LogP contribution in [0.5, 0.6) is 0 Å². The van der Waals surface area contributed by atoms with Crippen molar-refractivity contribution in [2.45, 2.75) is 64.5 Å². The third-order valence-electron chi connectivity index (χ3n) is 4.43. The largest absolute Gasteiger partial charge is 0.353 e. The van der Waals surface area contributed by atoms with E-state index in [1.807, 2.05) is 49.1 Å². The molecule has 0 aromatic heterocycles. The smallest absolute Gasteiger partial charge is 0.254 e. The van der Waals surface area contributed by atoms with E-state index in [9.17, 15) is 9.59 Å². The predicted molar refractivity (Wildman–Crippen MR) is 92.2 cm³/mol. The minimum absolute atomic E-state index is 0.0387. The lowest BCUT2D eigenvalue weighted by molar-refractivity contribution is -0.121. The van der Waals surface area contributed by atoms with E-state index >= 15 is 0 Å². The summed E-state index contributed by atoms with van der Waals surface area (Å²) in [6.07, 6.45) is 5.85. The van der Waals surface area contributed by atoms with Gasteiger partial charge in [0.05, 0.1) is 0 Å². The summed E-state index contributed by atoms with van der Waals surface area (Å²) >= 11 is 0. The fourth-order valence-electron chi connectivity index (χ4n) is 3.12. The first-order chi connectivity index (χ1) is 11.1. The Morgan fingerprint density at radius 2 is 1.83 bits per heavy atom. The monoisotopic (exact) mass is 316 g/mol. The molecule has 1 fully saturated rings. The van der Waals surface area contributed by atoms with E-state index in [2.05, 4.69) is 5.32 Å². The topological polar surface area (TPSA) is 49.4 Å².